The Labute approximate surface area is 94.7 Å². The zero-order chi connectivity index (χ0) is 10.6. The van der Waals surface area contributed by atoms with Gasteiger partial charge in [-0.1, -0.05) is 12.2 Å². The molecule has 1 aromatic rings. The molecule has 0 unspecified atom stereocenters. The van der Waals surface area contributed by atoms with Gasteiger partial charge in [-0.2, -0.15) is 0 Å². The van der Waals surface area contributed by atoms with Gasteiger partial charge in [0.15, 0.2) is 0 Å². The first-order valence-electron chi connectivity index (χ1n) is 4.02. The lowest BCUT2D eigenvalue weighted by Gasteiger charge is -2.00. The summed E-state index contributed by atoms with van der Waals surface area (Å²) in [5.41, 5.74) is 0.344. The van der Waals surface area contributed by atoms with Gasteiger partial charge >= 0.3 is 0 Å². The molecule has 0 atom stereocenters. The molecule has 0 aliphatic rings. The second kappa shape index (κ2) is 5.47. The fourth-order valence-corrected chi connectivity index (χ4v) is 1.64. The van der Waals surface area contributed by atoms with Gasteiger partial charge in [-0.05, 0) is 28.4 Å². The van der Waals surface area contributed by atoms with E-state index in [0.717, 1.165) is 6.07 Å². The maximum absolute atomic E-state index is 13.2. The largest absolute Gasteiger partial charge is 0.207 e. The molecule has 0 heterocycles. The Morgan fingerprint density at radius 3 is 2.64 bits per heavy atom. The molecule has 0 fully saturated rings. The monoisotopic (exact) mass is 280 g/mol. The lowest BCUT2D eigenvalue weighted by atomic mass is 10.2. The molecular weight excluding hydrogens is 273 g/mol. The summed E-state index contributed by atoms with van der Waals surface area (Å²) in [6.07, 6.45) is 3.99. The number of alkyl halides is 1. The average molecular weight is 282 g/mol. The third kappa shape index (κ3) is 3.07. The summed E-state index contributed by atoms with van der Waals surface area (Å²) in [4.78, 5) is 0. The molecule has 0 saturated carbocycles. The SMILES string of the molecule is Fc1cc(F)c(C=CCCCl)c(Br)c1. The van der Waals surface area contributed by atoms with Crippen LogP contribution in [0.3, 0.4) is 0 Å². The van der Waals surface area contributed by atoms with Crippen LogP contribution >= 0.6 is 27.5 Å². The van der Waals surface area contributed by atoms with Gasteiger partial charge in [0.1, 0.15) is 11.6 Å². The molecular formula is C10H8BrClF2. The van der Waals surface area contributed by atoms with Crippen LogP contribution in [0.5, 0.6) is 0 Å². The number of allylic oxidation sites excluding steroid dienone is 1. The fraction of sp³-hybridized carbons (Fsp3) is 0.200. The zero-order valence-electron chi connectivity index (χ0n) is 7.24. The van der Waals surface area contributed by atoms with E-state index in [1.165, 1.54) is 6.07 Å². The molecule has 14 heavy (non-hydrogen) atoms. The number of halogens is 4. The molecule has 4 heteroatoms. The Morgan fingerprint density at radius 2 is 2.07 bits per heavy atom. The predicted octanol–water partition coefficient (Wildman–Crippen LogP) is 4.37. The molecule has 0 bridgehead atoms. The maximum atomic E-state index is 13.2. The molecule has 0 radical (unpaired) electrons. The standard InChI is InChI=1S/C10H8BrClF2/c11-9-5-7(13)6-10(14)8(9)3-1-2-4-12/h1,3,5-6H,2,4H2. The van der Waals surface area contributed by atoms with Crippen LogP contribution < -0.4 is 0 Å². The van der Waals surface area contributed by atoms with Crippen LogP contribution in [0.2, 0.25) is 0 Å². The molecule has 0 nitrogen and oxygen atoms in total. The average Bonchev–Trinajstić information content (AvgIpc) is 2.09. The second-order valence-corrected chi connectivity index (χ2v) is 3.90. The van der Waals surface area contributed by atoms with Crippen LogP contribution in [0.1, 0.15) is 12.0 Å². The highest BCUT2D eigenvalue weighted by Gasteiger charge is 2.05. The van der Waals surface area contributed by atoms with Crippen molar-refractivity contribution in [3.8, 4) is 0 Å². The van der Waals surface area contributed by atoms with Crippen LogP contribution in [0.4, 0.5) is 8.78 Å². The molecule has 0 aromatic heterocycles. The first-order valence-corrected chi connectivity index (χ1v) is 5.35. The Morgan fingerprint density at radius 1 is 1.36 bits per heavy atom. The highest BCUT2D eigenvalue weighted by atomic mass is 79.9. The third-order valence-electron chi connectivity index (χ3n) is 1.60. The molecule has 1 rings (SSSR count). The Kier molecular flexibility index (Phi) is 4.55. The van der Waals surface area contributed by atoms with E-state index >= 15 is 0 Å². The van der Waals surface area contributed by atoms with Gasteiger partial charge in [0.2, 0.25) is 0 Å². The van der Waals surface area contributed by atoms with Gasteiger partial charge in [0.25, 0.3) is 0 Å². The topological polar surface area (TPSA) is 0 Å². The molecule has 0 aliphatic heterocycles. The minimum Gasteiger partial charge on any atom is -0.207 e. The molecule has 0 aliphatic carbocycles. The number of rotatable bonds is 3. The van der Waals surface area contributed by atoms with Crippen molar-refractivity contribution < 1.29 is 8.78 Å². The highest BCUT2D eigenvalue weighted by molar-refractivity contribution is 9.10. The first-order chi connectivity index (χ1) is 6.65. The fourth-order valence-electron chi connectivity index (χ4n) is 0.977. The smallest absolute Gasteiger partial charge is 0.134 e. The van der Waals surface area contributed by atoms with E-state index in [2.05, 4.69) is 15.9 Å². The van der Waals surface area contributed by atoms with Crippen molar-refractivity contribution in [1.29, 1.82) is 0 Å². The molecule has 1 aromatic carbocycles. The molecule has 0 spiro atoms. The Balaban J connectivity index is 2.96. The summed E-state index contributed by atoms with van der Waals surface area (Å²) in [6, 6.07) is 2.08. The van der Waals surface area contributed by atoms with Gasteiger partial charge in [-0.3, -0.25) is 0 Å². The van der Waals surface area contributed by atoms with Crippen molar-refractivity contribution >= 4 is 33.6 Å². The van der Waals surface area contributed by atoms with Crippen molar-refractivity contribution in [1.82, 2.24) is 0 Å². The second-order valence-electron chi connectivity index (χ2n) is 2.66. The summed E-state index contributed by atoms with van der Waals surface area (Å²) < 4.78 is 26.3. The first kappa shape index (κ1) is 11.7. The van der Waals surface area contributed by atoms with Crippen molar-refractivity contribution in [2.24, 2.45) is 0 Å². The van der Waals surface area contributed by atoms with Crippen LogP contribution in [0, 0.1) is 11.6 Å². The summed E-state index contributed by atoms with van der Waals surface area (Å²) in [5, 5.41) is 0. The minimum absolute atomic E-state index is 0.344. The van der Waals surface area contributed by atoms with E-state index in [0.29, 0.717) is 22.3 Å². The Hall–Kier alpha value is -0.410. The van der Waals surface area contributed by atoms with Gasteiger partial charge in [0.05, 0.1) is 0 Å². The summed E-state index contributed by atoms with van der Waals surface area (Å²) in [7, 11) is 0. The zero-order valence-corrected chi connectivity index (χ0v) is 9.58. The maximum Gasteiger partial charge on any atom is 0.134 e. The van der Waals surface area contributed by atoms with Crippen LogP contribution in [-0.2, 0) is 0 Å². The van der Waals surface area contributed by atoms with Crippen molar-refractivity contribution in [2.75, 3.05) is 5.88 Å². The Bertz CT molecular complexity index is 327. The summed E-state index contributed by atoms with van der Waals surface area (Å²) in [5.74, 6) is -0.691. The molecule has 0 amide bonds. The quantitative estimate of drug-likeness (QED) is 0.722. The number of hydrogen-bond acceptors (Lipinski definition) is 0. The lowest BCUT2D eigenvalue weighted by Crippen LogP contribution is -1.87. The normalized spacial score (nSPS) is 11.1. The van der Waals surface area contributed by atoms with Crippen molar-refractivity contribution in [3.05, 3.63) is 39.9 Å². The molecule has 0 saturated heterocycles. The lowest BCUT2D eigenvalue weighted by molar-refractivity contribution is 0.580. The van der Waals surface area contributed by atoms with Gasteiger partial charge in [0, 0.05) is 22.0 Å². The predicted molar refractivity (Wildman–Crippen MR) is 58.4 cm³/mol. The number of benzene rings is 1. The van der Waals surface area contributed by atoms with Crippen LogP contribution in [-0.4, -0.2) is 5.88 Å². The van der Waals surface area contributed by atoms with E-state index in [9.17, 15) is 8.78 Å². The molecule has 76 valence electrons. The molecule has 0 N–H and O–H groups in total. The summed E-state index contributed by atoms with van der Waals surface area (Å²) >= 11 is 8.54. The van der Waals surface area contributed by atoms with E-state index in [-0.39, 0.29) is 0 Å². The van der Waals surface area contributed by atoms with Gasteiger partial charge in [-0.15, -0.1) is 11.6 Å². The minimum atomic E-state index is -0.594. The van der Waals surface area contributed by atoms with Crippen molar-refractivity contribution in [3.63, 3.8) is 0 Å². The van der Waals surface area contributed by atoms with Crippen LogP contribution in [0.25, 0.3) is 6.08 Å². The van der Waals surface area contributed by atoms with E-state index in [4.69, 9.17) is 11.6 Å². The van der Waals surface area contributed by atoms with Gasteiger partial charge in [-0.25, -0.2) is 8.78 Å². The summed E-state index contributed by atoms with van der Waals surface area (Å²) in [6.45, 7) is 0. The van der Waals surface area contributed by atoms with E-state index in [1.54, 1.807) is 12.2 Å². The van der Waals surface area contributed by atoms with Crippen molar-refractivity contribution in [2.45, 2.75) is 6.42 Å². The van der Waals surface area contributed by atoms with E-state index < -0.39 is 11.6 Å². The third-order valence-corrected chi connectivity index (χ3v) is 2.48. The van der Waals surface area contributed by atoms with E-state index in [1.807, 2.05) is 0 Å². The van der Waals surface area contributed by atoms with Gasteiger partial charge < -0.3 is 0 Å². The number of hydrogen-bond donors (Lipinski definition) is 0. The van der Waals surface area contributed by atoms with Crippen LogP contribution in [0.15, 0.2) is 22.7 Å². The highest BCUT2D eigenvalue weighted by Crippen LogP contribution is 2.23.